The quantitative estimate of drug-likeness (QED) is 0.771. The fraction of sp³-hybridized carbons (Fsp3) is 0.357. The number of nitrogens with zero attached hydrogens (tertiary/aromatic N) is 3. The smallest absolute Gasteiger partial charge is 0.339 e. The predicted molar refractivity (Wildman–Crippen MR) is 77.0 cm³/mol. The molecule has 0 amide bonds. The maximum Gasteiger partial charge on any atom is 0.339 e. The summed E-state index contributed by atoms with van der Waals surface area (Å²) >= 11 is 0. The number of aromatic nitrogens is 3. The Morgan fingerprint density at radius 2 is 2.29 bits per heavy atom. The number of nitrogens with one attached hydrogen (secondary N) is 1. The zero-order valence-electron chi connectivity index (χ0n) is 12.0. The summed E-state index contributed by atoms with van der Waals surface area (Å²) in [4.78, 5) is 11.8. The second kappa shape index (κ2) is 6.85. The van der Waals surface area contributed by atoms with Crippen molar-refractivity contribution in [2.45, 2.75) is 20.0 Å². The Hall–Kier alpha value is -2.41. The molecule has 0 spiro atoms. The summed E-state index contributed by atoms with van der Waals surface area (Å²) in [6.07, 6.45) is 1.75. The molecule has 0 saturated heterocycles. The van der Waals surface area contributed by atoms with Crippen LogP contribution in [0.25, 0.3) is 0 Å². The number of aliphatic hydroxyl groups is 1. The van der Waals surface area contributed by atoms with Gasteiger partial charge in [-0.1, -0.05) is 16.8 Å². The Bertz CT molecular complexity index is 624. The number of hydrogen-bond donors (Lipinski definition) is 2. The number of carbonyl (C=O) groups excluding carboxylic acids is 1. The van der Waals surface area contributed by atoms with E-state index < -0.39 is 0 Å². The number of ether oxygens (including phenoxy) is 1. The molecule has 0 atom stereocenters. The van der Waals surface area contributed by atoms with Crippen LogP contribution < -0.4 is 5.32 Å². The highest BCUT2D eigenvalue weighted by atomic mass is 16.5. The number of hydrogen-bond acceptors (Lipinski definition) is 6. The number of benzene rings is 1. The maximum absolute atomic E-state index is 11.8. The molecular formula is C14H18N4O3. The van der Waals surface area contributed by atoms with Gasteiger partial charge >= 0.3 is 5.97 Å². The minimum absolute atomic E-state index is 0.0146. The Morgan fingerprint density at radius 1 is 1.48 bits per heavy atom. The van der Waals surface area contributed by atoms with E-state index in [0.29, 0.717) is 24.3 Å². The van der Waals surface area contributed by atoms with Gasteiger partial charge in [-0.15, -0.1) is 5.10 Å². The second-order valence-electron chi connectivity index (χ2n) is 4.59. The molecule has 1 aromatic carbocycles. The van der Waals surface area contributed by atoms with Gasteiger partial charge in [0.25, 0.3) is 0 Å². The first kappa shape index (κ1) is 15.0. The third-order valence-corrected chi connectivity index (χ3v) is 2.96. The van der Waals surface area contributed by atoms with Crippen LogP contribution in [0.5, 0.6) is 0 Å². The van der Waals surface area contributed by atoms with Crippen molar-refractivity contribution in [3.05, 3.63) is 41.2 Å². The van der Waals surface area contributed by atoms with E-state index in [1.807, 2.05) is 19.1 Å². The Labute approximate surface area is 122 Å². The lowest BCUT2D eigenvalue weighted by atomic mass is 10.1. The normalized spacial score (nSPS) is 10.4. The first-order valence-corrected chi connectivity index (χ1v) is 6.56. The number of carbonyl (C=O) groups is 1. The molecule has 0 radical (unpaired) electrons. The fourth-order valence-corrected chi connectivity index (χ4v) is 1.91. The lowest BCUT2D eigenvalue weighted by Gasteiger charge is -2.10. The van der Waals surface area contributed by atoms with Crippen LogP contribution in [0, 0.1) is 6.92 Å². The summed E-state index contributed by atoms with van der Waals surface area (Å²) in [5, 5.41) is 19.8. The molecule has 0 fully saturated rings. The van der Waals surface area contributed by atoms with E-state index in [-0.39, 0.29) is 12.6 Å². The summed E-state index contributed by atoms with van der Waals surface area (Å²) in [5.41, 5.74) is 2.87. The van der Waals surface area contributed by atoms with Crippen LogP contribution in [0.3, 0.4) is 0 Å². The van der Waals surface area contributed by atoms with Crippen molar-refractivity contribution in [3.8, 4) is 0 Å². The van der Waals surface area contributed by atoms with Gasteiger partial charge in [0.05, 0.1) is 38.6 Å². The first-order chi connectivity index (χ1) is 10.1. The van der Waals surface area contributed by atoms with Crippen molar-refractivity contribution >= 4 is 11.7 Å². The molecule has 2 rings (SSSR count). The van der Waals surface area contributed by atoms with Gasteiger partial charge in [0.1, 0.15) is 5.69 Å². The molecule has 7 nitrogen and oxygen atoms in total. The number of methoxy groups -OCH3 is 1. The second-order valence-corrected chi connectivity index (χ2v) is 4.59. The Kier molecular flexibility index (Phi) is 4.89. The van der Waals surface area contributed by atoms with Crippen molar-refractivity contribution in [1.29, 1.82) is 0 Å². The summed E-state index contributed by atoms with van der Waals surface area (Å²) in [7, 11) is 1.36. The van der Waals surface area contributed by atoms with E-state index in [0.717, 1.165) is 11.3 Å². The van der Waals surface area contributed by atoms with E-state index in [9.17, 15) is 4.79 Å². The van der Waals surface area contributed by atoms with E-state index in [4.69, 9.17) is 9.84 Å². The van der Waals surface area contributed by atoms with Crippen molar-refractivity contribution in [1.82, 2.24) is 15.0 Å². The van der Waals surface area contributed by atoms with E-state index in [2.05, 4.69) is 15.6 Å². The highest BCUT2D eigenvalue weighted by Crippen LogP contribution is 2.19. The summed E-state index contributed by atoms with van der Waals surface area (Å²) in [6, 6.07) is 5.52. The summed E-state index contributed by atoms with van der Waals surface area (Å²) in [6.45, 7) is 2.76. The molecule has 1 aromatic heterocycles. The molecule has 21 heavy (non-hydrogen) atoms. The molecule has 0 bridgehead atoms. The van der Waals surface area contributed by atoms with Gasteiger partial charge in [0.15, 0.2) is 0 Å². The number of anilines is 1. The van der Waals surface area contributed by atoms with Crippen LogP contribution in [0.1, 0.15) is 21.6 Å². The van der Waals surface area contributed by atoms with Crippen LogP contribution in [0.15, 0.2) is 24.4 Å². The molecule has 0 aliphatic heterocycles. The van der Waals surface area contributed by atoms with Gasteiger partial charge in [-0.25, -0.2) is 9.48 Å². The molecule has 7 heteroatoms. The molecule has 112 valence electrons. The van der Waals surface area contributed by atoms with Crippen LogP contribution in [-0.2, 0) is 17.8 Å². The van der Waals surface area contributed by atoms with Crippen molar-refractivity contribution < 1.29 is 14.6 Å². The molecule has 0 aliphatic rings. The topological polar surface area (TPSA) is 89.3 Å². The number of rotatable bonds is 6. The van der Waals surface area contributed by atoms with Crippen LogP contribution in [-0.4, -0.2) is 39.8 Å². The maximum atomic E-state index is 11.8. The van der Waals surface area contributed by atoms with E-state index in [1.54, 1.807) is 16.9 Å². The Morgan fingerprint density at radius 3 is 3.00 bits per heavy atom. The van der Waals surface area contributed by atoms with Gasteiger partial charge < -0.3 is 15.2 Å². The average Bonchev–Trinajstić information content (AvgIpc) is 2.93. The molecule has 2 aromatic rings. The number of esters is 1. The van der Waals surface area contributed by atoms with Gasteiger partial charge in [0.2, 0.25) is 0 Å². The van der Waals surface area contributed by atoms with Crippen LogP contribution in [0.2, 0.25) is 0 Å². The standard InChI is InChI=1S/C14H18N4O3/c1-10-3-4-13(12(7-10)14(20)21-2)15-8-11-9-18(5-6-19)17-16-11/h3-4,7,9,15,19H,5-6,8H2,1-2H3. The van der Waals surface area contributed by atoms with Gasteiger partial charge in [-0.05, 0) is 19.1 Å². The molecule has 2 N–H and O–H groups in total. The van der Waals surface area contributed by atoms with Crippen LogP contribution in [0.4, 0.5) is 5.69 Å². The summed E-state index contributed by atoms with van der Waals surface area (Å²) in [5.74, 6) is -0.384. The zero-order chi connectivity index (χ0) is 15.2. The lowest BCUT2D eigenvalue weighted by Crippen LogP contribution is -2.09. The fourth-order valence-electron chi connectivity index (χ4n) is 1.91. The first-order valence-electron chi connectivity index (χ1n) is 6.56. The monoisotopic (exact) mass is 290 g/mol. The third-order valence-electron chi connectivity index (χ3n) is 2.96. The van der Waals surface area contributed by atoms with Crippen molar-refractivity contribution in [2.24, 2.45) is 0 Å². The largest absolute Gasteiger partial charge is 0.465 e. The minimum Gasteiger partial charge on any atom is -0.465 e. The SMILES string of the molecule is COC(=O)c1cc(C)ccc1NCc1cn(CCO)nn1. The lowest BCUT2D eigenvalue weighted by molar-refractivity contribution is 0.0601. The highest BCUT2D eigenvalue weighted by molar-refractivity contribution is 5.95. The Balaban J connectivity index is 2.10. The minimum atomic E-state index is -0.384. The highest BCUT2D eigenvalue weighted by Gasteiger charge is 2.12. The predicted octanol–water partition coefficient (Wildman–Crippen LogP) is 0.978. The van der Waals surface area contributed by atoms with Gasteiger partial charge in [0, 0.05) is 5.69 Å². The van der Waals surface area contributed by atoms with Crippen LogP contribution >= 0.6 is 0 Å². The number of aryl methyl sites for hydroxylation is 1. The zero-order valence-corrected chi connectivity index (χ0v) is 12.0. The van der Waals surface area contributed by atoms with Crippen molar-refractivity contribution in [3.63, 3.8) is 0 Å². The molecule has 0 aliphatic carbocycles. The molecule has 0 saturated carbocycles. The van der Waals surface area contributed by atoms with Gasteiger partial charge in [-0.3, -0.25) is 0 Å². The molecule has 0 unspecified atom stereocenters. The average molecular weight is 290 g/mol. The summed E-state index contributed by atoms with van der Waals surface area (Å²) < 4.78 is 6.34. The van der Waals surface area contributed by atoms with Crippen molar-refractivity contribution in [2.75, 3.05) is 19.0 Å². The molecular weight excluding hydrogens is 272 g/mol. The van der Waals surface area contributed by atoms with E-state index >= 15 is 0 Å². The number of aliphatic hydroxyl groups excluding tert-OH is 1. The molecule has 1 heterocycles. The van der Waals surface area contributed by atoms with E-state index in [1.165, 1.54) is 7.11 Å². The van der Waals surface area contributed by atoms with Gasteiger partial charge in [-0.2, -0.15) is 0 Å². The third kappa shape index (κ3) is 3.79.